The maximum absolute atomic E-state index is 12.0. The zero-order valence-corrected chi connectivity index (χ0v) is 16.5. The van der Waals surface area contributed by atoms with Gasteiger partial charge in [-0.25, -0.2) is 14.8 Å². The van der Waals surface area contributed by atoms with E-state index < -0.39 is 0 Å². The summed E-state index contributed by atoms with van der Waals surface area (Å²) in [4.78, 5) is 22.9. The van der Waals surface area contributed by atoms with E-state index in [1.165, 1.54) is 0 Å². The van der Waals surface area contributed by atoms with Crippen LogP contribution in [0.4, 0.5) is 10.6 Å². The van der Waals surface area contributed by atoms with Crippen molar-refractivity contribution < 1.29 is 14.3 Å². The van der Waals surface area contributed by atoms with Gasteiger partial charge in [0, 0.05) is 44.1 Å². The maximum atomic E-state index is 12.0. The molecule has 2 N–H and O–H groups in total. The van der Waals surface area contributed by atoms with Crippen LogP contribution >= 0.6 is 0 Å². The zero-order valence-electron chi connectivity index (χ0n) is 16.5. The lowest BCUT2D eigenvalue weighted by molar-refractivity contribution is -0.00546. The number of aromatic nitrogens is 2. The Bertz CT molecular complexity index is 774. The average molecular weight is 385 g/mol. The third kappa shape index (κ3) is 5.32. The molecule has 8 nitrogen and oxygen atoms in total. The van der Waals surface area contributed by atoms with E-state index >= 15 is 0 Å². The Hall–Kier alpha value is -2.87. The standard InChI is InChI=1S/C20H27N5O3/c1-14-12-25(13-15(2)28-14)18-7-6-16(9-22-18)10-23-20(26)24-11-17-5-4-8-21-19(17)27-3/h4-9,14-15H,10-13H2,1-3H3,(H2,23,24,26). The highest BCUT2D eigenvalue weighted by molar-refractivity contribution is 5.73. The molecule has 0 aliphatic carbocycles. The second-order valence-corrected chi connectivity index (χ2v) is 6.89. The Morgan fingerprint density at radius 2 is 1.93 bits per heavy atom. The van der Waals surface area contributed by atoms with Crippen molar-refractivity contribution in [2.45, 2.75) is 39.1 Å². The molecule has 2 aromatic heterocycles. The first-order valence-corrected chi connectivity index (χ1v) is 9.40. The number of hydrogen-bond donors (Lipinski definition) is 2. The predicted octanol–water partition coefficient (Wildman–Crippen LogP) is 2.10. The summed E-state index contributed by atoms with van der Waals surface area (Å²) in [5, 5.41) is 5.64. The molecule has 28 heavy (non-hydrogen) atoms. The fourth-order valence-corrected chi connectivity index (χ4v) is 3.24. The lowest BCUT2D eigenvalue weighted by Gasteiger charge is -2.36. The summed E-state index contributed by atoms with van der Waals surface area (Å²) in [5.74, 6) is 1.44. The van der Waals surface area contributed by atoms with Gasteiger partial charge in [0.25, 0.3) is 0 Å². The first kappa shape index (κ1) is 19.9. The molecular weight excluding hydrogens is 358 g/mol. The molecular formula is C20H27N5O3. The number of rotatable bonds is 6. The van der Waals surface area contributed by atoms with Crippen molar-refractivity contribution in [2.75, 3.05) is 25.1 Å². The van der Waals surface area contributed by atoms with E-state index in [-0.39, 0.29) is 18.2 Å². The van der Waals surface area contributed by atoms with Gasteiger partial charge in [-0.3, -0.25) is 0 Å². The molecule has 150 valence electrons. The number of carbonyl (C=O) groups excluding carboxylic acids is 1. The van der Waals surface area contributed by atoms with Gasteiger partial charge in [-0.05, 0) is 31.5 Å². The maximum Gasteiger partial charge on any atom is 0.315 e. The summed E-state index contributed by atoms with van der Waals surface area (Å²) in [6.07, 6.45) is 3.82. The number of methoxy groups -OCH3 is 1. The number of nitrogens with one attached hydrogen (secondary N) is 2. The van der Waals surface area contributed by atoms with Crippen LogP contribution in [0.3, 0.4) is 0 Å². The second kappa shape index (κ2) is 9.36. The monoisotopic (exact) mass is 385 g/mol. The topological polar surface area (TPSA) is 88.6 Å². The van der Waals surface area contributed by atoms with Gasteiger partial charge in [0.05, 0.1) is 19.3 Å². The predicted molar refractivity (Wildman–Crippen MR) is 106 cm³/mol. The number of urea groups is 1. The molecule has 0 aromatic carbocycles. The molecule has 3 heterocycles. The van der Waals surface area contributed by atoms with E-state index in [0.29, 0.717) is 19.0 Å². The van der Waals surface area contributed by atoms with Gasteiger partial charge in [0.15, 0.2) is 0 Å². The lowest BCUT2D eigenvalue weighted by Crippen LogP contribution is -2.45. The van der Waals surface area contributed by atoms with Crippen molar-refractivity contribution in [3.63, 3.8) is 0 Å². The van der Waals surface area contributed by atoms with E-state index in [2.05, 4.69) is 39.3 Å². The molecule has 8 heteroatoms. The molecule has 0 saturated carbocycles. The number of nitrogens with zero attached hydrogens (tertiary/aromatic N) is 3. The van der Waals surface area contributed by atoms with Crippen LogP contribution in [0.5, 0.6) is 5.88 Å². The summed E-state index contributed by atoms with van der Waals surface area (Å²) in [6, 6.07) is 7.38. The minimum atomic E-state index is -0.259. The van der Waals surface area contributed by atoms with Gasteiger partial charge in [0.2, 0.25) is 5.88 Å². The van der Waals surface area contributed by atoms with Crippen LogP contribution in [-0.4, -0.2) is 48.4 Å². The Kier molecular flexibility index (Phi) is 6.65. The number of ether oxygens (including phenoxy) is 2. The Morgan fingerprint density at radius 1 is 1.18 bits per heavy atom. The Morgan fingerprint density at radius 3 is 2.61 bits per heavy atom. The number of morpholine rings is 1. The van der Waals surface area contributed by atoms with Crippen LogP contribution in [0.25, 0.3) is 0 Å². The number of amides is 2. The van der Waals surface area contributed by atoms with Gasteiger partial charge in [-0.1, -0.05) is 12.1 Å². The van der Waals surface area contributed by atoms with Crippen molar-refractivity contribution in [1.29, 1.82) is 0 Å². The first-order chi connectivity index (χ1) is 13.5. The van der Waals surface area contributed by atoms with Crippen LogP contribution in [0.2, 0.25) is 0 Å². The Labute approximate surface area is 165 Å². The molecule has 2 aromatic rings. The molecule has 1 aliphatic rings. The Balaban J connectivity index is 1.47. The van der Waals surface area contributed by atoms with Crippen molar-refractivity contribution in [3.05, 3.63) is 47.8 Å². The summed E-state index contributed by atoms with van der Waals surface area (Å²) in [5.41, 5.74) is 1.76. The fraction of sp³-hybridized carbons (Fsp3) is 0.450. The highest BCUT2D eigenvalue weighted by atomic mass is 16.5. The van der Waals surface area contributed by atoms with Gasteiger partial charge in [-0.2, -0.15) is 0 Å². The van der Waals surface area contributed by atoms with Crippen LogP contribution < -0.4 is 20.3 Å². The number of pyridine rings is 2. The van der Waals surface area contributed by atoms with Crippen molar-refractivity contribution in [2.24, 2.45) is 0 Å². The largest absolute Gasteiger partial charge is 0.481 e. The van der Waals surface area contributed by atoms with Crippen LogP contribution in [0.15, 0.2) is 36.7 Å². The van der Waals surface area contributed by atoms with Crippen molar-refractivity contribution in [1.82, 2.24) is 20.6 Å². The normalized spacial score (nSPS) is 19.2. The minimum Gasteiger partial charge on any atom is -0.481 e. The fourth-order valence-electron chi connectivity index (χ4n) is 3.24. The zero-order chi connectivity index (χ0) is 19.9. The molecule has 0 radical (unpaired) electrons. The SMILES string of the molecule is COc1ncccc1CNC(=O)NCc1ccc(N2CC(C)OC(C)C2)nc1. The molecule has 2 unspecified atom stereocenters. The quantitative estimate of drug-likeness (QED) is 0.792. The highest BCUT2D eigenvalue weighted by Gasteiger charge is 2.22. The molecule has 1 saturated heterocycles. The summed E-state index contributed by atoms with van der Waals surface area (Å²) in [6.45, 7) is 6.54. The summed E-state index contributed by atoms with van der Waals surface area (Å²) < 4.78 is 10.9. The minimum absolute atomic E-state index is 0.189. The summed E-state index contributed by atoms with van der Waals surface area (Å²) in [7, 11) is 1.56. The lowest BCUT2D eigenvalue weighted by atomic mass is 10.2. The molecule has 3 rings (SSSR count). The van der Waals surface area contributed by atoms with Crippen LogP contribution in [0.1, 0.15) is 25.0 Å². The van der Waals surface area contributed by atoms with Gasteiger partial charge >= 0.3 is 6.03 Å². The molecule has 1 fully saturated rings. The van der Waals surface area contributed by atoms with Crippen molar-refractivity contribution in [3.8, 4) is 5.88 Å². The number of carbonyl (C=O) groups is 1. The molecule has 2 amide bonds. The first-order valence-electron chi connectivity index (χ1n) is 9.40. The number of anilines is 1. The van der Waals surface area contributed by atoms with Crippen LogP contribution in [-0.2, 0) is 17.8 Å². The molecule has 2 atom stereocenters. The highest BCUT2D eigenvalue weighted by Crippen LogP contribution is 2.18. The number of hydrogen-bond acceptors (Lipinski definition) is 6. The van der Waals surface area contributed by atoms with Gasteiger partial charge in [-0.15, -0.1) is 0 Å². The molecule has 0 spiro atoms. The van der Waals surface area contributed by atoms with E-state index in [1.807, 2.05) is 18.2 Å². The molecule has 0 bridgehead atoms. The van der Waals surface area contributed by atoms with E-state index in [1.54, 1.807) is 25.6 Å². The molecule has 1 aliphatic heterocycles. The van der Waals surface area contributed by atoms with Gasteiger partial charge < -0.3 is 25.0 Å². The second-order valence-electron chi connectivity index (χ2n) is 6.89. The third-order valence-corrected chi connectivity index (χ3v) is 4.49. The van der Waals surface area contributed by atoms with E-state index in [9.17, 15) is 4.79 Å². The summed E-state index contributed by atoms with van der Waals surface area (Å²) >= 11 is 0. The average Bonchev–Trinajstić information content (AvgIpc) is 2.70. The van der Waals surface area contributed by atoms with E-state index in [0.717, 1.165) is 30.0 Å². The smallest absolute Gasteiger partial charge is 0.315 e. The van der Waals surface area contributed by atoms with Crippen molar-refractivity contribution >= 4 is 11.8 Å². The van der Waals surface area contributed by atoms with Gasteiger partial charge in [0.1, 0.15) is 5.82 Å². The van der Waals surface area contributed by atoms with E-state index in [4.69, 9.17) is 9.47 Å². The third-order valence-electron chi connectivity index (χ3n) is 4.49. The van der Waals surface area contributed by atoms with Crippen LogP contribution in [0, 0.1) is 0 Å².